The van der Waals surface area contributed by atoms with Crippen molar-refractivity contribution in [1.29, 1.82) is 0 Å². The summed E-state index contributed by atoms with van der Waals surface area (Å²) in [6.45, 7) is 0.128. The zero-order valence-corrected chi connectivity index (χ0v) is 15.2. The Labute approximate surface area is 160 Å². The van der Waals surface area contributed by atoms with Crippen LogP contribution < -0.4 is 14.8 Å². The standard InChI is InChI=1S/C20H17NO7/c1-25-19(23)13-7-14(20(24)26-2)9-15(8-13)21-6-5-16(22)12-3-4-17-18(10-12)28-11-27-17/h3-10,21H,11H2,1-2H3/b6-5+. The van der Waals surface area contributed by atoms with Gasteiger partial charge in [0.15, 0.2) is 17.3 Å². The van der Waals surface area contributed by atoms with Gasteiger partial charge < -0.3 is 24.3 Å². The predicted octanol–water partition coefficient (Wildman–Crippen LogP) is 2.80. The largest absolute Gasteiger partial charge is 0.465 e. The van der Waals surface area contributed by atoms with E-state index in [4.69, 9.17) is 9.47 Å². The molecule has 0 aromatic heterocycles. The third-order valence-electron chi connectivity index (χ3n) is 3.92. The number of allylic oxidation sites excluding steroid dienone is 1. The molecule has 0 atom stereocenters. The molecule has 2 aromatic rings. The molecule has 0 bridgehead atoms. The number of ketones is 1. The molecule has 1 heterocycles. The number of rotatable bonds is 6. The number of benzene rings is 2. The number of carbonyl (C=O) groups excluding carboxylic acids is 3. The van der Waals surface area contributed by atoms with Crippen molar-refractivity contribution < 1.29 is 33.3 Å². The minimum atomic E-state index is -0.603. The van der Waals surface area contributed by atoms with Crippen LogP contribution in [0.25, 0.3) is 0 Å². The summed E-state index contributed by atoms with van der Waals surface area (Å²) in [5, 5.41) is 2.86. The molecule has 144 valence electrons. The number of fused-ring (bicyclic) bond motifs is 1. The fraction of sp³-hybridized carbons (Fsp3) is 0.150. The number of ether oxygens (including phenoxy) is 4. The Morgan fingerprint density at radius 2 is 1.54 bits per heavy atom. The number of anilines is 1. The van der Waals surface area contributed by atoms with Crippen molar-refractivity contribution >= 4 is 23.4 Å². The summed E-state index contributed by atoms with van der Waals surface area (Å²) in [7, 11) is 2.48. The summed E-state index contributed by atoms with van der Waals surface area (Å²) in [5.74, 6) is -0.360. The maximum absolute atomic E-state index is 12.3. The molecule has 0 unspecified atom stereocenters. The number of carbonyl (C=O) groups is 3. The zero-order chi connectivity index (χ0) is 20.1. The molecule has 28 heavy (non-hydrogen) atoms. The number of hydrogen-bond donors (Lipinski definition) is 1. The van der Waals surface area contributed by atoms with Crippen LogP contribution in [0, 0.1) is 0 Å². The Morgan fingerprint density at radius 1 is 0.893 bits per heavy atom. The molecular weight excluding hydrogens is 366 g/mol. The minimum absolute atomic E-state index is 0.128. The van der Waals surface area contributed by atoms with Gasteiger partial charge in [0.25, 0.3) is 0 Å². The molecule has 1 N–H and O–H groups in total. The SMILES string of the molecule is COC(=O)c1cc(N/C=C/C(=O)c2ccc3c(c2)OCO3)cc(C(=O)OC)c1. The second kappa shape index (κ2) is 8.26. The molecule has 8 nitrogen and oxygen atoms in total. The molecule has 3 rings (SSSR count). The van der Waals surface area contributed by atoms with E-state index in [0.29, 0.717) is 22.7 Å². The highest BCUT2D eigenvalue weighted by atomic mass is 16.7. The summed E-state index contributed by atoms with van der Waals surface area (Å²) in [6, 6.07) is 9.25. The van der Waals surface area contributed by atoms with Crippen LogP contribution in [0.15, 0.2) is 48.7 Å². The maximum Gasteiger partial charge on any atom is 0.337 e. The summed E-state index contributed by atoms with van der Waals surface area (Å²) in [5.41, 5.74) is 1.19. The minimum Gasteiger partial charge on any atom is -0.465 e. The van der Waals surface area contributed by atoms with Gasteiger partial charge in [0.05, 0.1) is 25.3 Å². The number of nitrogens with one attached hydrogen (secondary N) is 1. The maximum atomic E-state index is 12.3. The van der Waals surface area contributed by atoms with E-state index in [1.165, 1.54) is 44.7 Å². The third-order valence-corrected chi connectivity index (χ3v) is 3.92. The highest BCUT2D eigenvalue weighted by molar-refractivity contribution is 6.05. The van der Waals surface area contributed by atoms with Crippen LogP contribution >= 0.6 is 0 Å². The zero-order valence-electron chi connectivity index (χ0n) is 15.2. The first-order valence-corrected chi connectivity index (χ1v) is 8.20. The van der Waals surface area contributed by atoms with Gasteiger partial charge in [-0.15, -0.1) is 0 Å². The lowest BCUT2D eigenvalue weighted by molar-refractivity contribution is 0.0599. The van der Waals surface area contributed by atoms with Gasteiger partial charge in [0.1, 0.15) is 0 Å². The molecule has 0 spiro atoms. The van der Waals surface area contributed by atoms with E-state index in [1.54, 1.807) is 18.2 Å². The second-order valence-electron chi connectivity index (χ2n) is 5.69. The number of methoxy groups -OCH3 is 2. The van der Waals surface area contributed by atoms with E-state index in [2.05, 4.69) is 14.8 Å². The van der Waals surface area contributed by atoms with Crippen molar-refractivity contribution in [1.82, 2.24) is 0 Å². The fourth-order valence-electron chi connectivity index (χ4n) is 2.54. The van der Waals surface area contributed by atoms with Gasteiger partial charge in [-0.05, 0) is 36.4 Å². The molecule has 2 aromatic carbocycles. The van der Waals surface area contributed by atoms with Crippen LogP contribution in [0.1, 0.15) is 31.1 Å². The lowest BCUT2D eigenvalue weighted by atomic mass is 10.1. The Hall–Kier alpha value is -3.81. The van der Waals surface area contributed by atoms with Crippen LogP contribution in [0.4, 0.5) is 5.69 Å². The Bertz CT molecular complexity index is 931. The van der Waals surface area contributed by atoms with Crippen LogP contribution in [-0.2, 0) is 9.47 Å². The molecule has 0 saturated carbocycles. The molecule has 0 saturated heterocycles. The first-order valence-electron chi connectivity index (χ1n) is 8.20. The first-order chi connectivity index (χ1) is 13.5. The van der Waals surface area contributed by atoms with Crippen LogP contribution in [0.5, 0.6) is 11.5 Å². The fourth-order valence-corrected chi connectivity index (χ4v) is 2.54. The molecule has 8 heteroatoms. The summed E-state index contributed by atoms with van der Waals surface area (Å²) < 4.78 is 19.8. The van der Waals surface area contributed by atoms with Gasteiger partial charge in [-0.2, -0.15) is 0 Å². The van der Waals surface area contributed by atoms with E-state index >= 15 is 0 Å². The smallest absolute Gasteiger partial charge is 0.337 e. The topological polar surface area (TPSA) is 100 Å². The summed E-state index contributed by atoms with van der Waals surface area (Å²) in [6.07, 6.45) is 2.73. The van der Waals surface area contributed by atoms with Gasteiger partial charge in [0.2, 0.25) is 6.79 Å². The van der Waals surface area contributed by atoms with Crippen LogP contribution in [0.2, 0.25) is 0 Å². The van der Waals surface area contributed by atoms with Crippen molar-refractivity contribution in [2.24, 2.45) is 0 Å². The van der Waals surface area contributed by atoms with E-state index in [1.807, 2.05) is 0 Å². The predicted molar refractivity (Wildman–Crippen MR) is 98.8 cm³/mol. The van der Waals surface area contributed by atoms with Crippen molar-refractivity contribution in [3.8, 4) is 11.5 Å². The highest BCUT2D eigenvalue weighted by Gasteiger charge is 2.15. The van der Waals surface area contributed by atoms with E-state index < -0.39 is 11.9 Å². The molecule has 0 fully saturated rings. The molecular formula is C20H17NO7. The monoisotopic (exact) mass is 383 g/mol. The Balaban J connectivity index is 1.76. The van der Waals surface area contributed by atoms with Gasteiger partial charge >= 0.3 is 11.9 Å². The van der Waals surface area contributed by atoms with Crippen molar-refractivity contribution in [2.45, 2.75) is 0 Å². The van der Waals surface area contributed by atoms with Gasteiger partial charge in [-0.25, -0.2) is 9.59 Å². The Morgan fingerprint density at radius 3 is 2.18 bits per heavy atom. The normalized spacial score (nSPS) is 11.9. The molecule has 1 aliphatic heterocycles. The number of hydrogen-bond acceptors (Lipinski definition) is 8. The summed E-state index contributed by atoms with van der Waals surface area (Å²) in [4.78, 5) is 35.9. The number of esters is 2. The average molecular weight is 383 g/mol. The Kier molecular flexibility index (Phi) is 5.59. The van der Waals surface area contributed by atoms with Gasteiger partial charge in [-0.3, -0.25) is 4.79 Å². The molecule has 0 amide bonds. The van der Waals surface area contributed by atoms with Crippen molar-refractivity contribution in [2.75, 3.05) is 26.3 Å². The highest BCUT2D eigenvalue weighted by Crippen LogP contribution is 2.32. The average Bonchev–Trinajstić information content (AvgIpc) is 3.20. The lowest BCUT2D eigenvalue weighted by Crippen LogP contribution is -2.07. The second-order valence-corrected chi connectivity index (χ2v) is 5.69. The van der Waals surface area contributed by atoms with E-state index in [0.717, 1.165) is 0 Å². The van der Waals surface area contributed by atoms with Gasteiger partial charge in [-0.1, -0.05) is 0 Å². The first kappa shape index (κ1) is 19.0. The molecule has 0 aliphatic carbocycles. The van der Waals surface area contributed by atoms with Crippen LogP contribution in [-0.4, -0.2) is 38.7 Å². The quantitative estimate of drug-likeness (QED) is 0.462. The van der Waals surface area contributed by atoms with Crippen LogP contribution in [0.3, 0.4) is 0 Å². The lowest BCUT2D eigenvalue weighted by Gasteiger charge is -2.07. The van der Waals surface area contributed by atoms with Gasteiger partial charge in [0, 0.05) is 23.5 Å². The summed E-state index contributed by atoms with van der Waals surface area (Å²) >= 11 is 0. The molecule has 0 radical (unpaired) electrons. The van der Waals surface area contributed by atoms with Crippen molar-refractivity contribution in [3.05, 3.63) is 65.4 Å². The van der Waals surface area contributed by atoms with E-state index in [-0.39, 0.29) is 23.7 Å². The third kappa shape index (κ3) is 4.12. The molecule has 1 aliphatic rings. The van der Waals surface area contributed by atoms with Crippen molar-refractivity contribution in [3.63, 3.8) is 0 Å². The van der Waals surface area contributed by atoms with E-state index in [9.17, 15) is 14.4 Å².